The Morgan fingerprint density at radius 1 is 1.18 bits per heavy atom. The molecule has 0 N–H and O–H groups in total. The lowest BCUT2D eigenvalue weighted by Gasteiger charge is -2.20. The van der Waals surface area contributed by atoms with Crippen LogP contribution in [0.4, 0.5) is 0 Å². The van der Waals surface area contributed by atoms with E-state index < -0.39 is 0 Å². The quantitative estimate of drug-likeness (QED) is 0.532. The Balaban J connectivity index is 1.87. The Labute approximate surface area is 172 Å². The van der Waals surface area contributed by atoms with Gasteiger partial charge in [0.1, 0.15) is 0 Å². The average Bonchev–Trinajstić information content (AvgIpc) is 3.26. The molecular weight excluding hydrogens is 422 g/mol. The molecule has 3 rings (SSSR count). The summed E-state index contributed by atoms with van der Waals surface area (Å²) in [6.45, 7) is 9.32. The third-order valence-electron chi connectivity index (χ3n) is 4.58. The highest BCUT2D eigenvalue weighted by Gasteiger charge is 2.20. The van der Waals surface area contributed by atoms with E-state index >= 15 is 0 Å². The van der Waals surface area contributed by atoms with Crippen LogP contribution in [0.2, 0.25) is 0 Å². The molecular formula is C20H24BrN5O2. The molecule has 0 fully saturated rings. The van der Waals surface area contributed by atoms with Crippen molar-refractivity contribution in [1.29, 1.82) is 0 Å². The number of carbonyl (C=O) groups is 1. The number of halogens is 1. The molecule has 0 radical (unpaired) electrons. The van der Waals surface area contributed by atoms with Crippen molar-refractivity contribution in [3.05, 3.63) is 45.9 Å². The highest BCUT2D eigenvalue weighted by atomic mass is 79.9. The van der Waals surface area contributed by atoms with Crippen molar-refractivity contribution in [2.45, 2.75) is 40.5 Å². The number of hydrogen-bond acceptors (Lipinski definition) is 5. The summed E-state index contributed by atoms with van der Waals surface area (Å²) in [5, 5.41) is 12.5. The number of benzene rings is 1. The molecule has 0 unspecified atom stereocenters. The Hall–Kier alpha value is -2.48. The molecule has 148 valence electrons. The van der Waals surface area contributed by atoms with Crippen molar-refractivity contribution in [3.63, 3.8) is 0 Å². The van der Waals surface area contributed by atoms with Crippen LogP contribution >= 0.6 is 15.9 Å². The van der Waals surface area contributed by atoms with Gasteiger partial charge in [0.15, 0.2) is 5.69 Å². The molecule has 3 aromatic rings. The largest absolute Gasteiger partial charge is 0.420 e. The Morgan fingerprint density at radius 2 is 1.89 bits per heavy atom. The van der Waals surface area contributed by atoms with E-state index in [1.807, 2.05) is 43.0 Å². The van der Waals surface area contributed by atoms with Crippen molar-refractivity contribution < 1.29 is 9.21 Å². The minimum Gasteiger partial charge on any atom is -0.420 e. The van der Waals surface area contributed by atoms with Crippen LogP contribution in [0, 0.1) is 13.8 Å². The highest BCUT2D eigenvalue weighted by molar-refractivity contribution is 9.10. The normalized spacial score (nSPS) is 11.0. The first-order valence-electron chi connectivity index (χ1n) is 9.41. The number of hydrogen-bond donors (Lipinski definition) is 0. The summed E-state index contributed by atoms with van der Waals surface area (Å²) in [6, 6.07) is 7.49. The van der Waals surface area contributed by atoms with Gasteiger partial charge in [0.2, 0.25) is 5.89 Å². The standard InChI is InChI=1S/C20H24BrN5O2/c1-5-7-12-25(6-2)20(27)15-8-10-16(11-9-15)26-13(3)17(21)18(24-26)19-23-22-14(4)28-19/h8-11H,5-7,12H2,1-4H3. The minimum atomic E-state index is 0.0582. The molecule has 7 nitrogen and oxygen atoms in total. The molecule has 2 aromatic heterocycles. The fourth-order valence-electron chi connectivity index (χ4n) is 2.94. The van der Waals surface area contributed by atoms with Crippen molar-refractivity contribution >= 4 is 21.8 Å². The summed E-state index contributed by atoms with van der Waals surface area (Å²) in [7, 11) is 0. The predicted molar refractivity (Wildman–Crippen MR) is 111 cm³/mol. The van der Waals surface area contributed by atoms with Crippen molar-refractivity contribution in [2.75, 3.05) is 13.1 Å². The Kier molecular flexibility index (Phi) is 6.28. The molecule has 0 atom stereocenters. The van der Waals surface area contributed by atoms with Gasteiger partial charge in [-0.1, -0.05) is 13.3 Å². The number of unbranched alkanes of at least 4 members (excludes halogenated alkanes) is 1. The van der Waals surface area contributed by atoms with Gasteiger partial charge in [0.25, 0.3) is 11.8 Å². The lowest BCUT2D eigenvalue weighted by Crippen LogP contribution is -2.31. The fraction of sp³-hybridized carbons (Fsp3) is 0.400. The van der Waals surface area contributed by atoms with Crippen LogP contribution in [0.15, 0.2) is 33.2 Å². The molecule has 0 bridgehead atoms. The minimum absolute atomic E-state index is 0.0582. The van der Waals surface area contributed by atoms with Gasteiger partial charge in [-0.15, -0.1) is 10.2 Å². The zero-order valence-electron chi connectivity index (χ0n) is 16.6. The zero-order valence-corrected chi connectivity index (χ0v) is 18.2. The number of aryl methyl sites for hydroxylation is 1. The SMILES string of the molecule is CCCCN(CC)C(=O)c1ccc(-n2nc(-c3nnc(C)o3)c(Br)c2C)cc1. The van der Waals surface area contributed by atoms with Crippen molar-refractivity contribution in [2.24, 2.45) is 0 Å². The van der Waals surface area contributed by atoms with E-state index in [1.165, 1.54) is 0 Å². The van der Waals surface area contributed by atoms with Gasteiger partial charge < -0.3 is 9.32 Å². The van der Waals surface area contributed by atoms with E-state index in [2.05, 4.69) is 38.1 Å². The average molecular weight is 446 g/mol. The van der Waals surface area contributed by atoms with E-state index in [-0.39, 0.29) is 5.91 Å². The van der Waals surface area contributed by atoms with Crippen molar-refractivity contribution in [3.8, 4) is 17.3 Å². The van der Waals surface area contributed by atoms with Crippen LogP contribution in [0.25, 0.3) is 17.3 Å². The Morgan fingerprint density at radius 3 is 2.46 bits per heavy atom. The zero-order chi connectivity index (χ0) is 20.3. The first-order chi connectivity index (χ1) is 13.5. The topological polar surface area (TPSA) is 77.1 Å². The molecule has 2 heterocycles. The Bertz CT molecular complexity index is 962. The third kappa shape index (κ3) is 4.01. The maximum absolute atomic E-state index is 12.7. The highest BCUT2D eigenvalue weighted by Crippen LogP contribution is 2.30. The van der Waals surface area contributed by atoms with Gasteiger partial charge in [-0.25, -0.2) is 4.68 Å². The lowest BCUT2D eigenvalue weighted by atomic mass is 10.1. The summed E-state index contributed by atoms with van der Waals surface area (Å²) in [5.74, 6) is 0.913. The molecule has 8 heteroatoms. The van der Waals surface area contributed by atoms with Gasteiger partial charge in [-0.05, 0) is 60.5 Å². The maximum Gasteiger partial charge on any atom is 0.269 e. The van der Waals surface area contributed by atoms with Gasteiger partial charge >= 0.3 is 0 Å². The second-order valence-corrected chi connectivity index (χ2v) is 7.36. The van der Waals surface area contributed by atoms with E-state index in [0.29, 0.717) is 29.6 Å². The smallest absolute Gasteiger partial charge is 0.269 e. The van der Waals surface area contributed by atoms with Crippen LogP contribution in [-0.4, -0.2) is 43.9 Å². The van der Waals surface area contributed by atoms with E-state index in [1.54, 1.807) is 11.6 Å². The monoisotopic (exact) mass is 445 g/mol. The summed E-state index contributed by atoms with van der Waals surface area (Å²) in [4.78, 5) is 14.6. The summed E-state index contributed by atoms with van der Waals surface area (Å²) >= 11 is 3.56. The maximum atomic E-state index is 12.7. The summed E-state index contributed by atoms with van der Waals surface area (Å²) in [6.07, 6.45) is 2.08. The van der Waals surface area contributed by atoms with Crippen LogP contribution in [0.1, 0.15) is 48.6 Å². The van der Waals surface area contributed by atoms with Crippen LogP contribution in [0.3, 0.4) is 0 Å². The molecule has 0 saturated heterocycles. The van der Waals surface area contributed by atoms with E-state index in [9.17, 15) is 4.79 Å². The second kappa shape index (κ2) is 8.68. The van der Waals surface area contributed by atoms with Crippen LogP contribution < -0.4 is 0 Å². The first-order valence-corrected chi connectivity index (χ1v) is 10.2. The van der Waals surface area contributed by atoms with Crippen LogP contribution in [-0.2, 0) is 0 Å². The third-order valence-corrected chi connectivity index (χ3v) is 5.53. The summed E-state index contributed by atoms with van der Waals surface area (Å²) in [5.41, 5.74) is 3.03. The number of amides is 1. The van der Waals surface area contributed by atoms with E-state index in [0.717, 1.165) is 35.2 Å². The van der Waals surface area contributed by atoms with Gasteiger partial charge in [0, 0.05) is 25.6 Å². The number of carbonyl (C=O) groups excluding carboxylic acids is 1. The van der Waals surface area contributed by atoms with E-state index in [4.69, 9.17) is 4.42 Å². The van der Waals surface area contributed by atoms with Gasteiger partial charge in [-0.3, -0.25) is 4.79 Å². The molecule has 0 aliphatic heterocycles. The van der Waals surface area contributed by atoms with Crippen molar-refractivity contribution in [1.82, 2.24) is 24.9 Å². The second-order valence-electron chi connectivity index (χ2n) is 6.57. The molecule has 1 aromatic carbocycles. The van der Waals surface area contributed by atoms with Crippen LogP contribution in [0.5, 0.6) is 0 Å². The number of aromatic nitrogens is 4. The lowest BCUT2D eigenvalue weighted by molar-refractivity contribution is 0.0762. The first kappa shape index (κ1) is 20.3. The predicted octanol–water partition coefficient (Wildman–Crippen LogP) is 4.56. The molecule has 0 saturated carbocycles. The molecule has 0 spiro atoms. The fourth-order valence-corrected chi connectivity index (χ4v) is 3.36. The number of rotatable bonds is 7. The number of nitrogens with zero attached hydrogens (tertiary/aromatic N) is 5. The molecule has 1 amide bonds. The van der Waals surface area contributed by atoms with Gasteiger partial charge in [-0.2, -0.15) is 5.10 Å². The summed E-state index contributed by atoms with van der Waals surface area (Å²) < 4.78 is 8.09. The molecule has 28 heavy (non-hydrogen) atoms. The van der Waals surface area contributed by atoms with Gasteiger partial charge in [0.05, 0.1) is 15.9 Å². The molecule has 0 aliphatic carbocycles. The molecule has 0 aliphatic rings.